The van der Waals surface area contributed by atoms with E-state index in [0.29, 0.717) is 34.8 Å². The maximum Gasteiger partial charge on any atom is 0.279 e. The number of benzene rings is 3. The van der Waals surface area contributed by atoms with Crippen LogP contribution in [0, 0.1) is 12.7 Å². The van der Waals surface area contributed by atoms with Crippen molar-refractivity contribution in [1.29, 1.82) is 0 Å². The Morgan fingerprint density at radius 3 is 2.28 bits per heavy atom. The van der Waals surface area contributed by atoms with Gasteiger partial charge in [-0.1, -0.05) is 29.8 Å². The maximum absolute atomic E-state index is 13.6. The van der Waals surface area contributed by atoms with Crippen LogP contribution in [-0.4, -0.2) is 32.8 Å². The Hall–Kier alpha value is -3.39. The van der Waals surface area contributed by atoms with Gasteiger partial charge in [0.05, 0.1) is 30.9 Å². The molecule has 1 aliphatic heterocycles. The number of aryl methyl sites for hydroxylation is 1. The summed E-state index contributed by atoms with van der Waals surface area (Å²) in [5.41, 5.74) is 2.81. The molecule has 3 aromatic carbocycles. The summed E-state index contributed by atoms with van der Waals surface area (Å²) in [6, 6.07) is 17.1. The first-order chi connectivity index (χ1) is 15.3. The molecule has 1 heterocycles. The van der Waals surface area contributed by atoms with Crippen molar-refractivity contribution < 1.29 is 22.3 Å². The minimum Gasteiger partial charge on any atom is -0.497 e. The van der Waals surface area contributed by atoms with E-state index in [0.717, 1.165) is 9.98 Å². The molecular formula is C24H23FN2O4S. The van der Waals surface area contributed by atoms with Crippen LogP contribution in [0.15, 0.2) is 76.7 Å². The molecule has 166 valence electrons. The van der Waals surface area contributed by atoms with Crippen LogP contribution < -0.4 is 9.47 Å². The van der Waals surface area contributed by atoms with Crippen LogP contribution >= 0.6 is 0 Å². The summed E-state index contributed by atoms with van der Waals surface area (Å²) in [5, 5.41) is 4.49. The lowest BCUT2D eigenvalue weighted by atomic mass is 9.98. The number of rotatable bonds is 6. The largest absolute Gasteiger partial charge is 0.497 e. The van der Waals surface area contributed by atoms with E-state index in [2.05, 4.69) is 5.10 Å². The molecule has 0 aromatic heterocycles. The fourth-order valence-electron chi connectivity index (χ4n) is 3.67. The predicted molar refractivity (Wildman–Crippen MR) is 120 cm³/mol. The van der Waals surface area contributed by atoms with Gasteiger partial charge in [-0.05, 0) is 48.9 Å². The molecular weight excluding hydrogens is 431 g/mol. The lowest BCUT2D eigenvalue weighted by molar-refractivity contribution is 0.347. The molecule has 1 aliphatic rings. The van der Waals surface area contributed by atoms with E-state index >= 15 is 0 Å². The van der Waals surface area contributed by atoms with Crippen molar-refractivity contribution in [3.8, 4) is 11.5 Å². The lowest BCUT2D eigenvalue weighted by Crippen LogP contribution is -2.27. The fourth-order valence-corrected chi connectivity index (χ4v) is 5.10. The van der Waals surface area contributed by atoms with Crippen LogP contribution in [0.5, 0.6) is 11.5 Å². The first kappa shape index (κ1) is 21.8. The zero-order valence-electron chi connectivity index (χ0n) is 17.9. The van der Waals surface area contributed by atoms with E-state index in [1.807, 2.05) is 6.92 Å². The minimum absolute atomic E-state index is 0.143. The predicted octanol–water partition coefficient (Wildman–Crippen LogP) is 4.69. The molecule has 0 bridgehead atoms. The second kappa shape index (κ2) is 8.63. The van der Waals surface area contributed by atoms with E-state index in [-0.39, 0.29) is 10.7 Å². The molecule has 0 N–H and O–H groups in total. The molecule has 0 radical (unpaired) electrons. The molecule has 0 saturated heterocycles. The smallest absolute Gasteiger partial charge is 0.279 e. The van der Waals surface area contributed by atoms with Gasteiger partial charge in [-0.3, -0.25) is 0 Å². The minimum atomic E-state index is -3.96. The highest BCUT2D eigenvalue weighted by Gasteiger charge is 2.39. The lowest BCUT2D eigenvalue weighted by Gasteiger charge is -2.25. The summed E-state index contributed by atoms with van der Waals surface area (Å²) in [6.07, 6.45) is 0.305. The van der Waals surface area contributed by atoms with Gasteiger partial charge < -0.3 is 9.47 Å². The Balaban J connectivity index is 1.83. The molecule has 32 heavy (non-hydrogen) atoms. The van der Waals surface area contributed by atoms with Crippen molar-refractivity contribution >= 4 is 15.7 Å². The van der Waals surface area contributed by atoms with Gasteiger partial charge in [0, 0.05) is 18.1 Å². The Kier molecular flexibility index (Phi) is 5.88. The Morgan fingerprint density at radius 2 is 1.66 bits per heavy atom. The number of nitrogens with zero attached hydrogens (tertiary/aromatic N) is 2. The third-order valence-corrected chi connectivity index (χ3v) is 7.11. The van der Waals surface area contributed by atoms with Gasteiger partial charge in [0.15, 0.2) is 0 Å². The van der Waals surface area contributed by atoms with E-state index in [9.17, 15) is 12.8 Å². The summed E-state index contributed by atoms with van der Waals surface area (Å²) >= 11 is 0. The number of hydrogen-bond donors (Lipinski definition) is 0. The van der Waals surface area contributed by atoms with E-state index < -0.39 is 16.1 Å². The molecule has 0 saturated carbocycles. The summed E-state index contributed by atoms with van der Waals surface area (Å²) in [6.45, 7) is 1.89. The Morgan fingerprint density at radius 1 is 0.969 bits per heavy atom. The molecule has 6 nitrogen and oxygen atoms in total. The first-order valence-corrected chi connectivity index (χ1v) is 11.4. The average molecular weight is 455 g/mol. The zero-order valence-corrected chi connectivity index (χ0v) is 18.8. The van der Waals surface area contributed by atoms with Crippen LogP contribution in [0.4, 0.5) is 4.39 Å². The summed E-state index contributed by atoms with van der Waals surface area (Å²) < 4.78 is 52.5. The molecule has 8 heteroatoms. The van der Waals surface area contributed by atoms with Gasteiger partial charge in [0.2, 0.25) is 0 Å². The number of halogens is 1. The summed E-state index contributed by atoms with van der Waals surface area (Å²) in [5.74, 6) is 0.718. The fraction of sp³-hybridized carbons (Fsp3) is 0.208. The molecule has 0 amide bonds. The normalized spacial score (nSPS) is 16.1. The van der Waals surface area contributed by atoms with E-state index in [4.69, 9.17) is 9.47 Å². The summed E-state index contributed by atoms with van der Waals surface area (Å²) in [4.78, 5) is 0.143. The van der Waals surface area contributed by atoms with Crippen molar-refractivity contribution in [2.24, 2.45) is 5.10 Å². The van der Waals surface area contributed by atoms with Gasteiger partial charge in [-0.2, -0.15) is 17.9 Å². The Bertz CT molecular complexity index is 1260. The van der Waals surface area contributed by atoms with Gasteiger partial charge in [-0.25, -0.2) is 4.39 Å². The Labute approximate surface area is 187 Å². The number of methoxy groups -OCH3 is 2. The third-order valence-electron chi connectivity index (χ3n) is 5.41. The molecule has 0 aliphatic carbocycles. The molecule has 0 spiro atoms. The van der Waals surface area contributed by atoms with Crippen LogP contribution in [-0.2, 0) is 10.0 Å². The molecule has 0 unspecified atom stereocenters. The topological polar surface area (TPSA) is 68.2 Å². The molecule has 0 fully saturated rings. The standard InChI is InChI=1S/C24H23FN2O4S/c1-16-4-11-20(12-5-16)32(28,29)27-23(21-13-10-19(30-2)14-24(21)31-3)15-22(26-27)17-6-8-18(25)9-7-17/h4-14,23H,15H2,1-3H3/t23-/m1/s1. The highest BCUT2D eigenvalue weighted by atomic mass is 32.2. The van der Waals surface area contributed by atoms with Crippen LogP contribution in [0.1, 0.15) is 29.2 Å². The highest BCUT2D eigenvalue weighted by Crippen LogP contribution is 2.41. The van der Waals surface area contributed by atoms with E-state index in [1.165, 1.54) is 19.2 Å². The molecule has 3 aromatic rings. The second-order valence-electron chi connectivity index (χ2n) is 7.47. The van der Waals surface area contributed by atoms with Crippen LogP contribution in [0.3, 0.4) is 0 Å². The average Bonchev–Trinajstić information content (AvgIpc) is 3.25. The molecule has 4 rings (SSSR count). The monoisotopic (exact) mass is 454 g/mol. The quantitative estimate of drug-likeness (QED) is 0.542. The highest BCUT2D eigenvalue weighted by molar-refractivity contribution is 7.89. The summed E-state index contributed by atoms with van der Waals surface area (Å²) in [7, 11) is -0.886. The first-order valence-electron chi connectivity index (χ1n) is 10.00. The molecule has 1 atom stereocenters. The van der Waals surface area contributed by atoms with E-state index in [1.54, 1.807) is 61.7 Å². The van der Waals surface area contributed by atoms with Gasteiger partial charge >= 0.3 is 0 Å². The SMILES string of the molecule is COc1ccc([C@H]2CC(c3ccc(F)cc3)=NN2S(=O)(=O)c2ccc(C)cc2)c(OC)c1. The number of ether oxygens (including phenoxy) is 2. The van der Waals surface area contributed by atoms with Gasteiger partial charge in [0.25, 0.3) is 10.0 Å². The van der Waals surface area contributed by atoms with Crippen molar-refractivity contribution in [2.45, 2.75) is 24.3 Å². The van der Waals surface area contributed by atoms with Gasteiger partial charge in [0.1, 0.15) is 17.3 Å². The van der Waals surface area contributed by atoms with Crippen LogP contribution in [0.2, 0.25) is 0 Å². The maximum atomic E-state index is 13.6. The number of hydrogen-bond acceptors (Lipinski definition) is 5. The number of sulfonamides is 1. The van der Waals surface area contributed by atoms with Crippen molar-refractivity contribution in [3.05, 3.63) is 89.2 Å². The van der Waals surface area contributed by atoms with Crippen molar-refractivity contribution in [2.75, 3.05) is 14.2 Å². The second-order valence-corrected chi connectivity index (χ2v) is 9.27. The number of hydrazone groups is 1. The van der Waals surface area contributed by atoms with Crippen molar-refractivity contribution in [3.63, 3.8) is 0 Å². The van der Waals surface area contributed by atoms with Crippen molar-refractivity contribution in [1.82, 2.24) is 4.41 Å². The third kappa shape index (κ3) is 4.05. The zero-order chi connectivity index (χ0) is 22.9. The van der Waals surface area contributed by atoms with Gasteiger partial charge in [-0.15, -0.1) is 0 Å². The van der Waals surface area contributed by atoms with Crippen LogP contribution in [0.25, 0.3) is 0 Å².